The molecular weight excluding hydrogens is 450 g/mol. The number of hydrogen-bond donors (Lipinski definition) is 2. The first-order chi connectivity index (χ1) is 16.3. The molecule has 1 aromatic heterocycles. The third-order valence-corrected chi connectivity index (χ3v) is 8.17. The average Bonchev–Trinajstić information content (AvgIpc) is 3.15. The van der Waals surface area contributed by atoms with E-state index in [1.165, 1.54) is 6.92 Å². The molecule has 2 N–H and O–H groups in total. The number of rotatable bonds is 4. The highest BCUT2D eigenvalue weighted by molar-refractivity contribution is 7.89. The number of sulfonamides is 1. The van der Waals surface area contributed by atoms with E-state index in [2.05, 4.69) is 4.72 Å². The standard InChI is InChI=1S/C26H27N3O4S/c1-17-11-13-19(14-12-17)34(32,33)27-22-15-28(18(2)30)16-25(26(22)31)29-23-9-5-3-7-20(23)21-8-4-6-10-24(21)29/h3-14,22,25-27,31H,15-16H2,1-2H3/t22-,25+,26+/m0/s1. The summed E-state index contributed by atoms with van der Waals surface area (Å²) in [6, 6.07) is 21.0. The van der Waals surface area contributed by atoms with Crippen molar-refractivity contribution in [1.29, 1.82) is 0 Å². The van der Waals surface area contributed by atoms with Crippen LogP contribution in [0.15, 0.2) is 77.7 Å². The fourth-order valence-corrected chi connectivity index (χ4v) is 6.16. The van der Waals surface area contributed by atoms with Crippen molar-refractivity contribution in [2.45, 2.75) is 36.9 Å². The number of aliphatic hydroxyl groups excluding tert-OH is 1. The fraction of sp³-hybridized carbons (Fsp3) is 0.269. The Balaban J connectivity index is 1.58. The Morgan fingerprint density at radius 2 is 1.47 bits per heavy atom. The van der Waals surface area contributed by atoms with Gasteiger partial charge in [0.05, 0.1) is 23.1 Å². The van der Waals surface area contributed by atoms with Crippen LogP contribution in [0.4, 0.5) is 0 Å². The number of benzene rings is 3. The van der Waals surface area contributed by atoms with Crippen molar-refractivity contribution in [3.63, 3.8) is 0 Å². The maximum absolute atomic E-state index is 13.1. The maximum Gasteiger partial charge on any atom is 0.240 e. The highest BCUT2D eigenvalue weighted by Crippen LogP contribution is 2.35. The van der Waals surface area contributed by atoms with E-state index >= 15 is 0 Å². The molecule has 1 fully saturated rings. The van der Waals surface area contributed by atoms with Gasteiger partial charge in [-0.3, -0.25) is 4.79 Å². The summed E-state index contributed by atoms with van der Waals surface area (Å²) in [7, 11) is -3.89. The lowest BCUT2D eigenvalue weighted by atomic mass is 9.97. The van der Waals surface area contributed by atoms with Crippen LogP contribution in [0.3, 0.4) is 0 Å². The number of para-hydroxylation sites is 2. The van der Waals surface area contributed by atoms with E-state index in [-0.39, 0.29) is 23.9 Å². The number of nitrogens with zero attached hydrogens (tertiary/aromatic N) is 2. The lowest BCUT2D eigenvalue weighted by molar-refractivity contribution is -0.133. The largest absolute Gasteiger partial charge is 0.389 e. The summed E-state index contributed by atoms with van der Waals surface area (Å²) in [4.78, 5) is 14.1. The van der Waals surface area contributed by atoms with Gasteiger partial charge in [0, 0.05) is 41.8 Å². The molecule has 34 heavy (non-hydrogen) atoms. The topological polar surface area (TPSA) is 91.6 Å². The number of aryl methyl sites for hydroxylation is 1. The third kappa shape index (κ3) is 3.87. The van der Waals surface area contributed by atoms with E-state index in [9.17, 15) is 18.3 Å². The number of likely N-dealkylation sites (tertiary alicyclic amines) is 1. The Morgan fingerprint density at radius 1 is 0.912 bits per heavy atom. The Morgan fingerprint density at radius 3 is 2.03 bits per heavy atom. The lowest BCUT2D eigenvalue weighted by Gasteiger charge is -2.42. The number of amides is 1. The van der Waals surface area contributed by atoms with E-state index in [1.807, 2.05) is 60.0 Å². The second kappa shape index (κ2) is 8.54. The number of fused-ring (bicyclic) bond motifs is 3. The zero-order valence-electron chi connectivity index (χ0n) is 19.0. The van der Waals surface area contributed by atoms with E-state index in [1.54, 1.807) is 29.2 Å². The molecule has 3 atom stereocenters. The number of hydrogen-bond acceptors (Lipinski definition) is 4. The molecule has 176 valence electrons. The van der Waals surface area contributed by atoms with Crippen LogP contribution < -0.4 is 4.72 Å². The van der Waals surface area contributed by atoms with E-state index < -0.39 is 28.2 Å². The molecule has 1 aliphatic heterocycles. The molecule has 0 unspecified atom stereocenters. The van der Waals surface area contributed by atoms with Crippen molar-refractivity contribution < 1.29 is 18.3 Å². The Labute approximate surface area is 198 Å². The second-order valence-corrected chi connectivity index (χ2v) is 10.6. The Kier molecular flexibility index (Phi) is 5.67. The molecule has 0 saturated carbocycles. The van der Waals surface area contributed by atoms with Gasteiger partial charge in [0.1, 0.15) is 0 Å². The van der Waals surface area contributed by atoms with Crippen LogP contribution in [0.1, 0.15) is 18.5 Å². The molecule has 4 aromatic rings. The van der Waals surface area contributed by atoms with Crippen molar-refractivity contribution in [2.75, 3.05) is 13.1 Å². The molecule has 0 aliphatic carbocycles. The molecule has 2 heterocycles. The van der Waals surface area contributed by atoms with Crippen LogP contribution in [0.25, 0.3) is 21.8 Å². The summed E-state index contributed by atoms with van der Waals surface area (Å²) in [5.74, 6) is -0.169. The van der Waals surface area contributed by atoms with Crippen molar-refractivity contribution >= 4 is 37.7 Å². The number of carbonyl (C=O) groups is 1. The smallest absolute Gasteiger partial charge is 0.240 e. The number of carbonyl (C=O) groups excluding carboxylic acids is 1. The Bertz CT molecular complexity index is 1420. The number of aromatic nitrogens is 1. The molecule has 8 heteroatoms. The molecule has 3 aromatic carbocycles. The van der Waals surface area contributed by atoms with Gasteiger partial charge in [-0.15, -0.1) is 0 Å². The maximum atomic E-state index is 13.1. The first-order valence-corrected chi connectivity index (χ1v) is 12.7. The number of piperidine rings is 1. The zero-order valence-corrected chi connectivity index (χ0v) is 19.9. The van der Waals surface area contributed by atoms with Crippen LogP contribution in [0.2, 0.25) is 0 Å². The minimum absolute atomic E-state index is 0.0925. The summed E-state index contributed by atoms with van der Waals surface area (Å²) in [6.07, 6.45) is -1.05. The number of nitrogens with one attached hydrogen (secondary N) is 1. The van der Waals surface area contributed by atoms with Crippen LogP contribution in [0, 0.1) is 6.92 Å². The van der Waals surface area contributed by atoms with E-state index in [0.29, 0.717) is 0 Å². The van der Waals surface area contributed by atoms with Gasteiger partial charge in [-0.25, -0.2) is 13.1 Å². The molecule has 5 rings (SSSR count). The van der Waals surface area contributed by atoms with E-state index in [4.69, 9.17) is 0 Å². The van der Waals surface area contributed by atoms with E-state index in [0.717, 1.165) is 27.4 Å². The minimum atomic E-state index is -3.89. The summed E-state index contributed by atoms with van der Waals surface area (Å²) in [6.45, 7) is 3.72. The molecule has 0 bridgehead atoms. The van der Waals surface area contributed by atoms with Crippen molar-refractivity contribution in [3.05, 3.63) is 78.4 Å². The summed E-state index contributed by atoms with van der Waals surface area (Å²) in [5.41, 5.74) is 2.81. The average molecular weight is 478 g/mol. The first kappa shape index (κ1) is 22.6. The second-order valence-electron chi connectivity index (χ2n) is 8.93. The summed E-state index contributed by atoms with van der Waals surface area (Å²) >= 11 is 0. The minimum Gasteiger partial charge on any atom is -0.389 e. The SMILES string of the molecule is CC(=O)N1C[C@H](NS(=O)(=O)c2ccc(C)cc2)[C@@H](O)[C@H](n2c3ccccc3c3ccccc32)C1. The third-order valence-electron chi connectivity index (χ3n) is 6.66. The monoisotopic (exact) mass is 477 g/mol. The van der Waals surface area contributed by atoms with Crippen LogP contribution in [-0.2, 0) is 14.8 Å². The molecule has 0 spiro atoms. The van der Waals surface area contributed by atoms with Crippen molar-refractivity contribution in [2.24, 2.45) is 0 Å². The van der Waals surface area contributed by atoms with Crippen molar-refractivity contribution in [3.8, 4) is 0 Å². The molecule has 1 amide bonds. The van der Waals surface area contributed by atoms with Gasteiger partial charge in [-0.05, 0) is 31.2 Å². The predicted octanol–water partition coefficient (Wildman–Crippen LogP) is 3.21. The van der Waals surface area contributed by atoms with Crippen molar-refractivity contribution in [1.82, 2.24) is 14.2 Å². The molecule has 7 nitrogen and oxygen atoms in total. The molecule has 1 saturated heterocycles. The molecular formula is C26H27N3O4S. The fourth-order valence-electron chi connectivity index (χ4n) is 4.92. The summed E-state index contributed by atoms with van der Waals surface area (Å²) < 4.78 is 30.9. The normalized spacial score (nSPS) is 21.3. The van der Waals surface area contributed by atoms with Gasteiger partial charge in [0.25, 0.3) is 0 Å². The quantitative estimate of drug-likeness (QED) is 0.472. The predicted molar refractivity (Wildman–Crippen MR) is 132 cm³/mol. The van der Waals surface area contributed by atoms with Gasteiger partial charge in [-0.1, -0.05) is 54.1 Å². The molecule has 1 aliphatic rings. The van der Waals surface area contributed by atoms with Gasteiger partial charge in [-0.2, -0.15) is 0 Å². The highest BCUT2D eigenvalue weighted by atomic mass is 32.2. The van der Waals surface area contributed by atoms with Gasteiger partial charge >= 0.3 is 0 Å². The van der Waals surface area contributed by atoms with Crippen LogP contribution >= 0.6 is 0 Å². The van der Waals surface area contributed by atoms with Gasteiger partial charge in [0.2, 0.25) is 15.9 Å². The van der Waals surface area contributed by atoms with Gasteiger partial charge < -0.3 is 14.6 Å². The molecule has 0 radical (unpaired) electrons. The summed E-state index contributed by atoms with van der Waals surface area (Å²) in [5, 5.41) is 13.6. The zero-order chi connectivity index (χ0) is 24.0. The van der Waals surface area contributed by atoms with Crippen LogP contribution in [-0.4, -0.2) is 54.1 Å². The van der Waals surface area contributed by atoms with Crippen LogP contribution in [0.5, 0.6) is 0 Å². The Hall–Kier alpha value is -3.20. The number of aliphatic hydroxyl groups is 1. The first-order valence-electron chi connectivity index (χ1n) is 11.3. The van der Waals surface area contributed by atoms with Gasteiger partial charge in [0.15, 0.2) is 0 Å². The lowest BCUT2D eigenvalue weighted by Crippen LogP contribution is -2.60. The highest BCUT2D eigenvalue weighted by Gasteiger charge is 2.40.